The van der Waals surface area contributed by atoms with Crippen molar-refractivity contribution in [2.24, 2.45) is 0 Å². The monoisotopic (exact) mass is 380 g/mol. The molecule has 6 nitrogen and oxygen atoms in total. The zero-order valence-electron chi connectivity index (χ0n) is 14.1. The van der Waals surface area contributed by atoms with E-state index in [2.05, 4.69) is 4.72 Å². The maximum atomic E-state index is 12.4. The molecule has 0 aliphatic carbocycles. The van der Waals surface area contributed by atoms with Gasteiger partial charge in [-0.05, 0) is 48.2 Å². The Morgan fingerprint density at radius 1 is 1.08 bits per heavy atom. The van der Waals surface area contributed by atoms with Gasteiger partial charge in [-0.15, -0.1) is 0 Å². The van der Waals surface area contributed by atoms with Crippen LogP contribution in [0.4, 0.5) is 11.4 Å². The first kappa shape index (κ1) is 17.8. The fraction of sp³-hybridized carbons (Fsp3) is 0.294. The lowest BCUT2D eigenvalue weighted by Gasteiger charge is -2.17. The maximum Gasteiger partial charge on any atom is 0.236 e. The molecule has 1 heterocycles. The predicted octanol–water partition coefficient (Wildman–Crippen LogP) is 2.26. The highest BCUT2D eigenvalue weighted by Gasteiger charge is 2.26. The second kappa shape index (κ2) is 6.34. The molecule has 8 heteroatoms. The molecule has 134 valence electrons. The Morgan fingerprint density at radius 3 is 2.48 bits per heavy atom. The zero-order chi connectivity index (χ0) is 18.2. The Kier molecular flexibility index (Phi) is 4.51. The van der Waals surface area contributed by atoms with Crippen molar-refractivity contribution in [3.05, 3.63) is 59.2 Å². The van der Waals surface area contributed by atoms with Crippen LogP contribution in [0.1, 0.15) is 16.7 Å². The van der Waals surface area contributed by atoms with Crippen molar-refractivity contribution in [2.75, 3.05) is 21.8 Å². The summed E-state index contributed by atoms with van der Waals surface area (Å²) in [6.45, 7) is 2.26. The summed E-state index contributed by atoms with van der Waals surface area (Å²) >= 11 is 0. The van der Waals surface area contributed by atoms with Gasteiger partial charge in [0.15, 0.2) is 0 Å². The van der Waals surface area contributed by atoms with Gasteiger partial charge in [-0.2, -0.15) is 0 Å². The van der Waals surface area contributed by atoms with Crippen LogP contribution in [-0.4, -0.2) is 29.6 Å². The van der Waals surface area contributed by atoms with Crippen molar-refractivity contribution in [3.8, 4) is 0 Å². The molecule has 0 amide bonds. The van der Waals surface area contributed by atoms with Crippen LogP contribution in [0.15, 0.2) is 42.5 Å². The van der Waals surface area contributed by atoms with Crippen molar-refractivity contribution >= 4 is 31.4 Å². The maximum absolute atomic E-state index is 12.4. The number of nitrogens with zero attached hydrogens (tertiary/aromatic N) is 1. The van der Waals surface area contributed by atoms with Crippen molar-refractivity contribution in [3.63, 3.8) is 0 Å². The Bertz CT molecular complexity index is 1010. The molecule has 1 N–H and O–H groups in total. The number of nitrogens with one attached hydrogen (secondary N) is 1. The molecule has 1 aliphatic rings. The molecule has 0 saturated heterocycles. The molecular formula is C17H20N2O4S2. The van der Waals surface area contributed by atoms with Crippen molar-refractivity contribution in [2.45, 2.75) is 19.1 Å². The number of benzene rings is 2. The van der Waals surface area contributed by atoms with E-state index in [1.54, 1.807) is 24.3 Å². The van der Waals surface area contributed by atoms with E-state index in [4.69, 9.17) is 0 Å². The van der Waals surface area contributed by atoms with Gasteiger partial charge in [-0.1, -0.05) is 24.3 Å². The normalized spacial score (nSPS) is 14.4. The highest BCUT2D eigenvalue weighted by molar-refractivity contribution is 7.92. The molecule has 0 spiro atoms. The molecule has 3 rings (SSSR count). The van der Waals surface area contributed by atoms with Gasteiger partial charge in [0.05, 0.1) is 17.7 Å². The Balaban J connectivity index is 1.81. The number of rotatable bonds is 5. The minimum absolute atomic E-state index is 0.105. The largest absolute Gasteiger partial charge is 0.283 e. The lowest BCUT2D eigenvalue weighted by Crippen LogP contribution is -2.27. The SMILES string of the molecule is Cc1ccccc1CS(=O)(=O)Nc1ccc2c(c1)CCN2S(C)(=O)=O. The molecule has 2 aromatic rings. The van der Waals surface area contributed by atoms with E-state index in [0.29, 0.717) is 24.3 Å². The Hall–Kier alpha value is -2.06. The first-order valence-corrected chi connectivity index (χ1v) is 11.3. The molecule has 0 aromatic heterocycles. The zero-order valence-corrected chi connectivity index (χ0v) is 15.7. The minimum atomic E-state index is -3.55. The van der Waals surface area contributed by atoms with Crippen LogP contribution in [0.5, 0.6) is 0 Å². The third-order valence-electron chi connectivity index (χ3n) is 4.21. The minimum Gasteiger partial charge on any atom is -0.283 e. The summed E-state index contributed by atoms with van der Waals surface area (Å²) < 4.78 is 52.3. The van der Waals surface area contributed by atoms with Gasteiger partial charge >= 0.3 is 0 Å². The molecule has 0 fully saturated rings. The number of fused-ring (bicyclic) bond motifs is 1. The van der Waals surface area contributed by atoms with Crippen molar-refractivity contribution < 1.29 is 16.8 Å². The molecule has 2 aromatic carbocycles. The van der Waals surface area contributed by atoms with Gasteiger partial charge in [0.25, 0.3) is 0 Å². The third-order valence-corrected chi connectivity index (χ3v) is 6.63. The summed E-state index contributed by atoms with van der Waals surface area (Å²) in [7, 11) is -6.87. The quantitative estimate of drug-likeness (QED) is 0.862. The van der Waals surface area contributed by atoms with Crippen molar-refractivity contribution in [1.82, 2.24) is 0 Å². The fourth-order valence-corrected chi connectivity index (χ4v) is 5.22. The average Bonchev–Trinajstić information content (AvgIpc) is 2.92. The summed E-state index contributed by atoms with van der Waals surface area (Å²) in [6.07, 6.45) is 1.73. The molecule has 1 aliphatic heterocycles. The van der Waals surface area contributed by atoms with Crippen LogP contribution >= 0.6 is 0 Å². The van der Waals surface area contributed by atoms with Gasteiger partial charge in [0, 0.05) is 12.2 Å². The van der Waals surface area contributed by atoms with Gasteiger partial charge in [0.2, 0.25) is 20.0 Å². The first-order chi connectivity index (χ1) is 11.7. The lowest BCUT2D eigenvalue weighted by molar-refractivity contribution is 0.597. The predicted molar refractivity (Wildman–Crippen MR) is 99.8 cm³/mol. The lowest BCUT2D eigenvalue weighted by atomic mass is 10.1. The molecule has 0 saturated carbocycles. The number of aryl methyl sites for hydroxylation is 1. The van der Waals surface area contributed by atoms with Crippen molar-refractivity contribution in [1.29, 1.82) is 0 Å². The second-order valence-electron chi connectivity index (χ2n) is 6.22. The summed E-state index contributed by atoms with van der Waals surface area (Å²) in [5, 5.41) is 0. The van der Waals surface area contributed by atoms with E-state index in [1.165, 1.54) is 10.6 Å². The van der Waals surface area contributed by atoms with E-state index in [1.807, 2.05) is 25.1 Å². The smallest absolute Gasteiger partial charge is 0.236 e. The van der Waals surface area contributed by atoms with Gasteiger partial charge < -0.3 is 0 Å². The molecule has 0 unspecified atom stereocenters. The van der Waals surface area contributed by atoms with E-state index in [0.717, 1.165) is 16.7 Å². The van der Waals surface area contributed by atoms with Crippen LogP contribution in [0.2, 0.25) is 0 Å². The van der Waals surface area contributed by atoms with Crippen LogP contribution < -0.4 is 9.03 Å². The highest BCUT2D eigenvalue weighted by atomic mass is 32.2. The standard InChI is InChI=1S/C17H20N2O4S2/c1-13-5-3-4-6-15(13)12-25(22,23)18-16-7-8-17-14(11-16)9-10-19(17)24(2,20)21/h3-8,11,18H,9-10,12H2,1-2H3. The van der Waals surface area contributed by atoms with Crippen LogP contribution in [0.25, 0.3) is 0 Å². The first-order valence-electron chi connectivity index (χ1n) is 7.81. The molecule has 0 bridgehead atoms. The van der Waals surface area contributed by atoms with Gasteiger partial charge in [-0.3, -0.25) is 9.03 Å². The highest BCUT2D eigenvalue weighted by Crippen LogP contribution is 2.32. The molecule has 0 radical (unpaired) electrons. The number of hydrogen-bond acceptors (Lipinski definition) is 4. The van der Waals surface area contributed by atoms with Crippen LogP contribution in [0, 0.1) is 6.92 Å². The van der Waals surface area contributed by atoms with Gasteiger partial charge in [0.1, 0.15) is 0 Å². The number of hydrogen-bond donors (Lipinski definition) is 1. The van der Waals surface area contributed by atoms with E-state index >= 15 is 0 Å². The fourth-order valence-electron chi connectivity index (χ4n) is 2.97. The van der Waals surface area contributed by atoms with Crippen LogP contribution in [0.3, 0.4) is 0 Å². The summed E-state index contributed by atoms with van der Waals surface area (Å²) in [5.41, 5.74) is 3.55. The van der Waals surface area contributed by atoms with Crippen LogP contribution in [-0.2, 0) is 32.2 Å². The molecule has 25 heavy (non-hydrogen) atoms. The molecular weight excluding hydrogens is 360 g/mol. The molecule has 0 atom stereocenters. The Morgan fingerprint density at radius 2 is 1.80 bits per heavy atom. The van der Waals surface area contributed by atoms with E-state index in [-0.39, 0.29) is 5.75 Å². The third kappa shape index (κ3) is 3.96. The van der Waals surface area contributed by atoms with E-state index < -0.39 is 20.0 Å². The van der Waals surface area contributed by atoms with Gasteiger partial charge in [-0.25, -0.2) is 16.8 Å². The topological polar surface area (TPSA) is 83.6 Å². The second-order valence-corrected chi connectivity index (χ2v) is 9.85. The van der Waals surface area contributed by atoms with E-state index in [9.17, 15) is 16.8 Å². The average molecular weight is 380 g/mol. The summed E-state index contributed by atoms with van der Waals surface area (Å²) in [6, 6.07) is 12.3. The number of anilines is 2. The summed E-state index contributed by atoms with van der Waals surface area (Å²) in [4.78, 5) is 0. The summed E-state index contributed by atoms with van der Waals surface area (Å²) in [5.74, 6) is -0.105. The number of sulfonamides is 2. The Labute approximate surface area is 148 Å².